The lowest BCUT2D eigenvalue weighted by Gasteiger charge is -2.07. The van der Waals surface area contributed by atoms with E-state index in [-0.39, 0.29) is 25.3 Å². The molecule has 24 heavy (non-hydrogen) atoms. The fraction of sp³-hybridized carbons (Fsp3) is 0.188. The molecule has 1 aromatic carbocycles. The number of hydrazine groups is 1. The summed E-state index contributed by atoms with van der Waals surface area (Å²) in [5.41, 5.74) is 5.80. The van der Waals surface area contributed by atoms with Crippen LogP contribution >= 0.6 is 15.9 Å². The van der Waals surface area contributed by atoms with Gasteiger partial charge in [0.25, 0.3) is 5.91 Å². The number of H-pyrrole nitrogens is 1. The van der Waals surface area contributed by atoms with Crippen molar-refractivity contribution in [2.75, 3.05) is 6.54 Å². The summed E-state index contributed by atoms with van der Waals surface area (Å²) in [5, 5.41) is 2.66. The van der Waals surface area contributed by atoms with Gasteiger partial charge in [0.2, 0.25) is 11.8 Å². The number of amides is 3. The van der Waals surface area contributed by atoms with E-state index in [0.717, 1.165) is 10.0 Å². The third-order valence-electron chi connectivity index (χ3n) is 3.09. The highest BCUT2D eigenvalue weighted by molar-refractivity contribution is 9.10. The molecule has 0 saturated carbocycles. The van der Waals surface area contributed by atoms with E-state index in [2.05, 4.69) is 37.1 Å². The zero-order valence-electron chi connectivity index (χ0n) is 12.8. The SMILES string of the molecule is O=C(Cc1ccccc1)NCCC(=O)NNC(=O)c1cc(Br)c[nH]1. The molecule has 0 aliphatic rings. The Morgan fingerprint density at radius 3 is 2.46 bits per heavy atom. The lowest BCUT2D eigenvalue weighted by atomic mass is 10.1. The first-order valence-corrected chi connectivity index (χ1v) is 8.07. The summed E-state index contributed by atoms with van der Waals surface area (Å²) in [5.74, 6) is -1.01. The molecule has 0 spiro atoms. The van der Waals surface area contributed by atoms with Crippen LogP contribution in [-0.4, -0.2) is 29.3 Å². The number of carbonyl (C=O) groups excluding carboxylic acids is 3. The quantitative estimate of drug-likeness (QED) is 0.556. The fourth-order valence-corrected chi connectivity index (χ4v) is 2.26. The van der Waals surface area contributed by atoms with E-state index < -0.39 is 11.8 Å². The van der Waals surface area contributed by atoms with Crippen molar-refractivity contribution in [2.45, 2.75) is 12.8 Å². The van der Waals surface area contributed by atoms with Crippen LogP contribution in [-0.2, 0) is 16.0 Å². The molecule has 126 valence electrons. The number of benzene rings is 1. The van der Waals surface area contributed by atoms with Crippen molar-refractivity contribution in [2.24, 2.45) is 0 Å². The summed E-state index contributed by atoms with van der Waals surface area (Å²) in [7, 11) is 0. The summed E-state index contributed by atoms with van der Waals surface area (Å²) >= 11 is 3.21. The highest BCUT2D eigenvalue weighted by Gasteiger charge is 2.09. The topological polar surface area (TPSA) is 103 Å². The Labute approximate surface area is 147 Å². The van der Waals surface area contributed by atoms with Gasteiger partial charge in [-0.25, -0.2) is 0 Å². The van der Waals surface area contributed by atoms with Crippen LogP contribution in [0.3, 0.4) is 0 Å². The van der Waals surface area contributed by atoms with Gasteiger partial charge >= 0.3 is 0 Å². The van der Waals surface area contributed by atoms with Crippen LogP contribution in [0, 0.1) is 0 Å². The molecule has 0 radical (unpaired) electrons. The van der Waals surface area contributed by atoms with E-state index in [4.69, 9.17) is 0 Å². The summed E-state index contributed by atoms with van der Waals surface area (Å²) in [4.78, 5) is 37.8. The van der Waals surface area contributed by atoms with Gasteiger partial charge in [-0.1, -0.05) is 30.3 Å². The molecule has 7 nitrogen and oxygen atoms in total. The third kappa shape index (κ3) is 5.88. The summed E-state index contributed by atoms with van der Waals surface area (Å²) in [6.45, 7) is 0.196. The second-order valence-corrected chi connectivity index (χ2v) is 5.91. The number of hydrogen-bond acceptors (Lipinski definition) is 3. The number of nitrogens with one attached hydrogen (secondary N) is 4. The maximum absolute atomic E-state index is 11.7. The molecule has 3 amide bonds. The largest absolute Gasteiger partial charge is 0.356 e. The van der Waals surface area contributed by atoms with Crippen LogP contribution in [0.1, 0.15) is 22.5 Å². The molecule has 8 heteroatoms. The van der Waals surface area contributed by atoms with Crippen molar-refractivity contribution in [3.8, 4) is 0 Å². The average molecular weight is 393 g/mol. The summed E-state index contributed by atoms with van der Waals surface area (Å²) < 4.78 is 0.736. The lowest BCUT2D eigenvalue weighted by molar-refractivity contribution is -0.122. The van der Waals surface area contributed by atoms with Crippen LogP contribution in [0.25, 0.3) is 0 Å². The van der Waals surface area contributed by atoms with Crippen LogP contribution in [0.15, 0.2) is 47.1 Å². The minimum absolute atomic E-state index is 0.0647. The second kappa shape index (κ2) is 8.88. The third-order valence-corrected chi connectivity index (χ3v) is 3.55. The van der Waals surface area contributed by atoms with Crippen molar-refractivity contribution >= 4 is 33.7 Å². The Kier molecular flexibility index (Phi) is 6.56. The lowest BCUT2D eigenvalue weighted by Crippen LogP contribution is -2.43. The Bertz CT molecular complexity index is 715. The Morgan fingerprint density at radius 2 is 1.79 bits per heavy atom. The van der Waals surface area contributed by atoms with E-state index in [9.17, 15) is 14.4 Å². The molecule has 2 aromatic rings. The number of aromatic amines is 1. The average Bonchev–Trinajstić information content (AvgIpc) is 3.00. The molecule has 0 aliphatic heterocycles. The van der Waals surface area contributed by atoms with E-state index in [1.807, 2.05) is 30.3 Å². The molecule has 4 N–H and O–H groups in total. The van der Waals surface area contributed by atoms with Crippen molar-refractivity contribution in [1.82, 2.24) is 21.2 Å². The van der Waals surface area contributed by atoms with Crippen LogP contribution in [0.5, 0.6) is 0 Å². The van der Waals surface area contributed by atoms with Gasteiger partial charge in [-0.2, -0.15) is 0 Å². The van der Waals surface area contributed by atoms with Gasteiger partial charge in [0.05, 0.1) is 6.42 Å². The smallest absolute Gasteiger partial charge is 0.286 e. The molecule has 0 atom stereocenters. The molecule has 1 heterocycles. The van der Waals surface area contributed by atoms with E-state index in [1.165, 1.54) is 0 Å². The molecule has 0 aliphatic carbocycles. The number of halogens is 1. The number of hydrogen-bond donors (Lipinski definition) is 4. The van der Waals surface area contributed by atoms with Crippen molar-refractivity contribution in [1.29, 1.82) is 0 Å². The predicted molar refractivity (Wildman–Crippen MR) is 91.9 cm³/mol. The van der Waals surface area contributed by atoms with E-state index in [1.54, 1.807) is 12.3 Å². The van der Waals surface area contributed by atoms with Crippen molar-refractivity contribution in [3.63, 3.8) is 0 Å². The Hall–Kier alpha value is -2.61. The highest BCUT2D eigenvalue weighted by atomic mass is 79.9. The van der Waals surface area contributed by atoms with Crippen molar-refractivity contribution in [3.05, 3.63) is 58.3 Å². The molecular formula is C16H17BrN4O3. The molecule has 2 rings (SSSR count). The fourth-order valence-electron chi connectivity index (χ4n) is 1.91. The van der Waals surface area contributed by atoms with Crippen molar-refractivity contribution < 1.29 is 14.4 Å². The Balaban J connectivity index is 1.62. The standard InChI is InChI=1S/C16H17BrN4O3/c17-12-9-13(19-10-12)16(24)21-20-14(22)6-7-18-15(23)8-11-4-2-1-3-5-11/h1-5,9-10,19H,6-8H2,(H,18,23)(H,20,22)(H,21,24). The van der Waals surface area contributed by atoms with E-state index in [0.29, 0.717) is 5.69 Å². The van der Waals surface area contributed by atoms with Crippen LogP contribution in [0.2, 0.25) is 0 Å². The number of carbonyl (C=O) groups is 3. The predicted octanol–water partition coefficient (Wildman–Crippen LogP) is 1.29. The molecular weight excluding hydrogens is 376 g/mol. The zero-order chi connectivity index (χ0) is 17.4. The van der Waals surface area contributed by atoms with Crippen LogP contribution < -0.4 is 16.2 Å². The molecule has 1 aromatic heterocycles. The maximum atomic E-state index is 11.7. The maximum Gasteiger partial charge on any atom is 0.286 e. The molecule has 0 bridgehead atoms. The normalized spacial score (nSPS) is 10.0. The van der Waals surface area contributed by atoms with Gasteiger partial charge in [-0.15, -0.1) is 0 Å². The summed E-state index contributed by atoms with van der Waals surface area (Å²) in [6.07, 6.45) is 1.94. The van der Waals surface area contributed by atoms with Gasteiger partial charge in [-0.3, -0.25) is 25.2 Å². The van der Waals surface area contributed by atoms with Gasteiger partial charge in [0.15, 0.2) is 0 Å². The monoisotopic (exact) mass is 392 g/mol. The van der Waals surface area contributed by atoms with E-state index >= 15 is 0 Å². The molecule has 0 saturated heterocycles. The number of rotatable bonds is 6. The second-order valence-electron chi connectivity index (χ2n) is 5.00. The highest BCUT2D eigenvalue weighted by Crippen LogP contribution is 2.09. The molecule has 0 unspecified atom stereocenters. The summed E-state index contributed by atoms with van der Waals surface area (Å²) in [6, 6.07) is 10.9. The van der Waals surface area contributed by atoms with Gasteiger partial charge < -0.3 is 10.3 Å². The zero-order valence-corrected chi connectivity index (χ0v) is 14.4. The first-order valence-electron chi connectivity index (χ1n) is 7.28. The van der Waals surface area contributed by atoms with Gasteiger partial charge in [0.1, 0.15) is 5.69 Å². The minimum Gasteiger partial charge on any atom is -0.356 e. The first-order chi connectivity index (χ1) is 11.5. The minimum atomic E-state index is -0.456. The molecule has 0 fully saturated rings. The number of aromatic nitrogens is 1. The van der Waals surface area contributed by atoms with Gasteiger partial charge in [-0.05, 0) is 27.6 Å². The van der Waals surface area contributed by atoms with Gasteiger partial charge in [0, 0.05) is 23.6 Å². The first kappa shape index (κ1) is 17.7. The Morgan fingerprint density at radius 1 is 1.04 bits per heavy atom. The van der Waals surface area contributed by atoms with Crippen LogP contribution in [0.4, 0.5) is 0 Å².